The Morgan fingerprint density at radius 1 is 1.75 bits per heavy atom. The molecule has 1 unspecified atom stereocenters. The molecular weight excluding hydrogens is 198 g/mol. The summed E-state index contributed by atoms with van der Waals surface area (Å²) in [5, 5.41) is 8.31. The first-order valence-electron chi connectivity index (χ1n) is 3.12. The molecule has 0 aliphatic rings. The third-order valence-electron chi connectivity index (χ3n) is 1.07. The molecule has 1 aromatic rings. The highest BCUT2D eigenvalue weighted by atomic mass is 32.2. The van der Waals surface area contributed by atoms with Gasteiger partial charge >= 0.3 is 5.97 Å². The number of carboxylic acids is 1. The minimum absolute atomic E-state index is 0.289. The Balaban J connectivity index is 2.42. The van der Waals surface area contributed by atoms with Crippen LogP contribution in [0, 0.1) is 0 Å². The summed E-state index contributed by atoms with van der Waals surface area (Å²) < 4.78 is 11.0. The van der Waals surface area contributed by atoms with Crippen LogP contribution in [-0.2, 0) is 21.3 Å². The van der Waals surface area contributed by atoms with Crippen LogP contribution in [-0.4, -0.2) is 26.0 Å². The Bertz CT molecular complexity index is 283. The van der Waals surface area contributed by atoms with Crippen LogP contribution in [0.1, 0.15) is 4.88 Å². The summed E-state index contributed by atoms with van der Waals surface area (Å²) in [7, 11) is -1.31. The Kier molecular flexibility index (Phi) is 3.36. The van der Waals surface area contributed by atoms with Gasteiger partial charge in [0.1, 0.15) is 5.75 Å². The number of hydrogen-bond acceptors (Lipinski definition) is 4. The molecule has 1 N–H and O–H groups in total. The van der Waals surface area contributed by atoms with E-state index >= 15 is 0 Å². The Labute approximate surface area is 75.7 Å². The van der Waals surface area contributed by atoms with E-state index in [2.05, 4.69) is 4.98 Å². The maximum atomic E-state index is 11.0. The van der Waals surface area contributed by atoms with Gasteiger partial charge in [-0.25, -0.2) is 0 Å². The van der Waals surface area contributed by atoms with E-state index < -0.39 is 16.8 Å². The minimum Gasteiger partial charge on any atom is -0.481 e. The molecule has 0 aliphatic heterocycles. The summed E-state index contributed by atoms with van der Waals surface area (Å²) in [6.07, 6.45) is 1.60. The van der Waals surface area contributed by atoms with E-state index in [-0.39, 0.29) is 11.5 Å². The van der Waals surface area contributed by atoms with Gasteiger partial charge in [0.15, 0.2) is 0 Å². The van der Waals surface area contributed by atoms with Crippen LogP contribution < -0.4 is 0 Å². The zero-order valence-corrected chi connectivity index (χ0v) is 7.73. The highest BCUT2D eigenvalue weighted by molar-refractivity contribution is 7.85. The molecule has 0 aliphatic carbocycles. The second kappa shape index (κ2) is 4.32. The number of carbonyl (C=O) groups is 1. The Hall–Kier alpha value is -0.750. The van der Waals surface area contributed by atoms with Crippen LogP contribution >= 0.6 is 11.3 Å². The minimum atomic E-state index is -1.31. The first-order valence-corrected chi connectivity index (χ1v) is 5.49. The van der Waals surface area contributed by atoms with Crippen LogP contribution in [0.5, 0.6) is 0 Å². The fraction of sp³-hybridized carbons (Fsp3) is 0.333. The zero-order chi connectivity index (χ0) is 8.97. The molecule has 1 atom stereocenters. The lowest BCUT2D eigenvalue weighted by Gasteiger charge is -1.93. The summed E-state index contributed by atoms with van der Waals surface area (Å²) in [4.78, 5) is 14.8. The highest BCUT2D eigenvalue weighted by Crippen LogP contribution is 2.08. The van der Waals surface area contributed by atoms with Gasteiger partial charge in [-0.1, -0.05) is 0 Å². The van der Waals surface area contributed by atoms with E-state index in [1.807, 2.05) is 0 Å². The zero-order valence-electron chi connectivity index (χ0n) is 6.10. The smallest absolute Gasteiger partial charge is 0.316 e. The van der Waals surface area contributed by atoms with Gasteiger partial charge in [-0.05, 0) is 0 Å². The lowest BCUT2D eigenvalue weighted by atomic mass is 10.6. The monoisotopic (exact) mass is 205 g/mol. The molecule has 0 saturated carbocycles. The van der Waals surface area contributed by atoms with E-state index in [4.69, 9.17) is 5.11 Å². The molecule has 0 saturated heterocycles. The lowest BCUT2D eigenvalue weighted by Crippen LogP contribution is -2.10. The van der Waals surface area contributed by atoms with Crippen LogP contribution in [0.4, 0.5) is 0 Å². The molecule has 0 bridgehead atoms. The lowest BCUT2D eigenvalue weighted by molar-refractivity contribution is -0.133. The van der Waals surface area contributed by atoms with Gasteiger partial charge < -0.3 is 5.11 Å². The Morgan fingerprint density at radius 3 is 3.00 bits per heavy atom. The summed E-state index contributed by atoms with van der Waals surface area (Å²) >= 11 is 1.38. The number of carboxylic acid groups (broad SMARTS) is 1. The van der Waals surface area contributed by atoms with E-state index in [1.165, 1.54) is 11.3 Å². The van der Waals surface area contributed by atoms with Crippen molar-refractivity contribution >= 4 is 28.1 Å². The second-order valence-electron chi connectivity index (χ2n) is 2.09. The van der Waals surface area contributed by atoms with Gasteiger partial charge in [-0.3, -0.25) is 14.0 Å². The fourth-order valence-electron chi connectivity index (χ4n) is 0.661. The van der Waals surface area contributed by atoms with Crippen molar-refractivity contribution in [3.8, 4) is 0 Å². The predicted molar refractivity (Wildman–Crippen MR) is 46.5 cm³/mol. The number of aliphatic carboxylic acids is 1. The molecule has 1 rings (SSSR count). The van der Waals surface area contributed by atoms with Crippen molar-refractivity contribution in [3.05, 3.63) is 16.6 Å². The average Bonchev–Trinajstić information content (AvgIpc) is 2.37. The van der Waals surface area contributed by atoms with Crippen LogP contribution in [0.25, 0.3) is 0 Å². The fourth-order valence-corrected chi connectivity index (χ4v) is 2.48. The van der Waals surface area contributed by atoms with Gasteiger partial charge in [0, 0.05) is 21.9 Å². The van der Waals surface area contributed by atoms with Crippen molar-refractivity contribution in [2.45, 2.75) is 5.75 Å². The van der Waals surface area contributed by atoms with Crippen LogP contribution in [0.15, 0.2) is 11.7 Å². The largest absolute Gasteiger partial charge is 0.481 e. The summed E-state index contributed by atoms with van der Waals surface area (Å²) in [5.74, 6) is -1.03. The topological polar surface area (TPSA) is 67.3 Å². The standard InChI is InChI=1S/C6H7NO3S2/c8-6(9)3-12(10)2-5-1-7-4-11-5/h1,4H,2-3H2,(H,8,9). The molecule has 66 valence electrons. The highest BCUT2D eigenvalue weighted by Gasteiger charge is 2.07. The molecule has 0 aromatic carbocycles. The van der Waals surface area contributed by atoms with Crippen molar-refractivity contribution in [1.29, 1.82) is 0 Å². The number of thiazole rings is 1. The average molecular weight is 205 g/mol. The molecule has 12 heavy (non-hydrogen) atoms. The van der Waals surface area contributed by atoms with Gasteiger partial charge in [0.2, 0.25) is 0 Å². The molecule has 0 fully saturated rings. The third kappa shape index (κ3) is 3.10. The van der Waals surface area contributed by atoms with Gasteiger partial charge in [0.25, 0.3) is 0 Å². The van der Waals surface area contributed by atoms with Crippen molar-refractivity contribution in [2.24, 2.45) is 0 Å². The number of rotatable bonds is 4. The van der Waals surface area contributed by atoms with Crippen LogP contribution in [0.3, 0.4) is 0 Å². The first kappa shape index (κ1) is 9.34. The molecule has 1 heterocycles. The van der Waals surface area contributed by atoms with Crippen molar-refractivity contribution in [2.75, 3.05) is 5.75 Å². The molecule has 1 aromatic heterocycles. The van der Waals surface area contributed by atoms with E-state index in [0.29, 0.717) is 0 Å². The molecule has 0 radical (unpaired) electrons. The third-order valence-corrected chi connectivity index (χ3v) is 3.24. The maximum Gasteiger partial charge on any atom is 0.316 e. The maximum absolute atomic E-state index is 11.0. The molecule has 4 nitrogen and oxygen atoms in total. The van der Waals surface area contributed by atoms with Gasteiger partial charge in [0.05, 0.1) is 11.3 Å². The van der Waals surface area contributed by atoms with Gasteiger partial charge in [-0.2, -0.15) is 0 Å². The van der Waals surface area contributed by atoms with E-state index in [9.17, 15) is 9.00 Å². The number of aromatic nitrogens is 1. The summed E-state index contributed by atoms with van der Waals surface area (Å²) in [6, 6.07) is 0. The van der Waals surface area contributed by atoms with E-state index in [0.717, 1.165) is 4.88 Å². The molecular formula is C6H7NO3S2. The summed E-state index contributed by atoms with van der Waals surface area (Å²) in [5.41, 5.74) is 1.63. The Morgan fingerprint density at radius 2 is 2.50 bits per heavy atom. The van der Waals surface area contributed by atoms with Crippen molar-refractivity contribution < 1.29 is 14.1 Å². The first-order chi connectivity index (χ1) is 5.68. The van der Waals surface area contributed by atoms with Crippen LogP contribution in [0.2, 0.25) is 0 Å². The quantitative estimate of drug-likeness (QED) is 0.776. The molecule has 0 amide bonds. The summed E-state index contributed by atoms with van der Waals surface area (Å²) in [6.45, 7) is 0. The van der Waals surface area contributed by atoms with E-state index in [1.54, 1.807) is 11.7 Å². The second-order valence-corrected chi connectivity index (χ2v) is 4.52. The van der Waals surface area contributed by atoms with Crippen molar-refractivity contribution in [1.82, 2.24) is 4.98 Å². The normalized spacial score (nSPS) is 12.7. The molecule has 6 heteroatoms. The number of hydrogen-bond donors (Lipinski definition) is 1. The molecule has 0 spiro atoms. The van der Waals surface area contributed by atoms with Crippen molar-refractivity contribution in [3.63, 3.8) is 0 Å². The SMILES string of the molecule is O=C(O)CS(=O)Cc1cncs1. The predicted octanol–water partition coefficient (Wildman–Crippen LogP) is 0.476. The number of nitrogens with zero attached hydrogens (tertiary/aromatic N) is 1. The van der Waals surface area contributed by atoms with Gasteiger partial charge in [-0.15, -0.1) is 11.3 Å².